The lowest BCUT2D eigenvalue weighted by Gasteiger charge is -2.34. The molecule has 6 heteroatoms. The topological polar surface area (TPSA) is 94.5 Å². The van der Waals surface area contributed by atoms with Crippen LogP contribution in [0, 0.1) is 0 Å². The fraction of sp³-hybridized carbons (Fsp3) is 0.455. The largest absolute Gasteiger partial charge is 0.396 e. The lowest BCUT2D eigenvalue weighted by molar-refractivity contribution is 0.0981. The quantitative estimate of drug-likeness (QED) is 0.753. The van der Waals surface area contributed by atoms with E-state index in [9.17, 15) is 4.79 Å². The number of aromatic nitrogens is 1. The number of amides is 1. The summed E-state index contributed by atoms with van der Waals surface area (Å²) >= 11 is 0. The number of primary amides is 1. The van der Waals surface area contributed by atoms with Gasteiger partial charge in [0.25, 0.3) is 5.91 Å². The van der Waals surface area contributed by atoms with Crippen LogP contribution in [0.5, 0.6) is 0 Å². The Balaban J connectivity index is 2.35. The van der Waals surface area contributed by atoms with E-state index in [2.05, 4.69) is 4.98 Å². The number of morpholine rings is 1. The standard InChI is InChI=1S/C11H16N4O2/c1-7-6-17-5-4-15(7)11-8(12)2-3-9(14-11)10(13)16/h2-3,7H,4-6,12H2,1H3,(H2,13,16). The van der Waals surface area contributed by atoms with E-state index in [0.29, 0.717) is 31.3 Å². The minimum atomic E-state index is -0.549. The van der Waals surface area contributed by atoms with E-state index >= 15 is 0 Å². The van der Waals surface area contributed by atoms with E-state index in [4.69, 9.17) is 16.2 Å². The number of hydrogen-bond acceptors (Lipinski definition) is 5. The SMILES string of the molecule is CC1COCCN1c1nc(C(N)=O)ccc1N. The second kappa shape index (κ2) is 4.58. The van der Waals surface area contributed by atoms with Crippen molar-refractivity contribution in [2.75, 3.05) is 30.4 Å². The summed E-state index contributed by atoms with van der Waals surface area (Å²) in [6.45, 7) is 3.99. The van der Waals surface area contributed by atoms with Crippen LogP contribution in [0.1, 0.15) is 17.4 Å². The molecular weight excluding hydrogens is 220 g/mol. The van der Waals surface area contributed by atoms with Crippen molar-refractivity contribution in [3.05, 3.63) is 17.8 Å². The Bertz CT molecular complexity index is 435. The van der Waals surface area contributed by atoms with Gasteiger partial charge in [-0.25, -0.2) is 4.98 Å². The Labute approximate surface area is 99.5 Å². The Morgan fingerprint density at radius 1 is 1.59 bits per heavy atom. The van der Waals surface area contributed by atoms with Gasteiger partial charge in [-0.3, -0.25) is 4.79 Å². The van der Waals surface area contributed by atoms with E-state index in [1.807, 2.05) is 11.8 Å². The molecular formula is C11H16N4O2. The van der Waals surface area contributed by atoms with E-state index < -0.39 is 5.91 Å². The molecule has 1 saturated heterocycles. The number of carbonyl (C=O) groups excluding carboxylic acids is 1. The van der Waals surface area contributed by atoms with Crippen LogP contribution in [0.15, 0.2) is 12.1 Å². The van der Waals surface area contributed by atoms with Crippen molar-refractivity contribution in [1.82, 2.24) is 4.98 Å². The monoisotopic (exact) mass is 236 g/mol. The highest BCUT2D eigenvalue weighted by molar-refractivity contribution is 5.91. The maximum Gasteiger partial charge on any atom is 0.267 e. The van der Waals surface area contributed by atoms with Crippen molar-refractivity contribution in [2.45, 2.75) is 13.0 Å². The maximum atomic E-state index is 11.1. The summed E-state index contributed by atoms with van der Waals surface area (Å²) < 4.78 is 5.35. The zero-order valence-electron chi connectivity index (χ0n) is 9.72. The summed E-state index contributed by atoms with van der Waals surface area (Å²) in [6, 6.07) is 3.37. The molecule has 92 valence electrons. The van der Waals surface area contributed by atoms with E-state index in [1.54, 1.807) is 6.07 Å². The Morgan fingerprint density at radius 2 is 2.35 bits per heavy atom. The Kier molecular flexibility index (Phi) is 3.14. The zero-order chi connectivity index (χ0) is 12.4. The van der Waals surface area contributed by atoms with Gasteiger partial charge in [0, 0.05) is 6.54 Å². The molecule has 0 aliphatic carbocycles. The number of hydrogen-bond donors (Lipinski definition) is 2. The number of pyridine rings is 1. The second-order valence-electron chi connectivity index (χ2n) is 4.09. The average Bonchev–Trinajstić information content (AvgIpc) is 2.30. The first-order valence-electron chi connectivity index (χ1n) is 5.50. The van der Waals surface area contributed by atoms with Crippen molar-refractivity contribution >= 4 is 17.4 Å². The van der Waals surface area contributed by atoms with Crippen LogP contribution in [0.3, 0.4) is 0 Å². The molecule has 0 saturated carbocycles. The van der Waals surface area contributed by atoms with Gasteiger partial charge in [0.1, 0.15) is 5.69 Å². The number of nitrogens with zero attached hydrogens (tertiary/aromatic N) is 2. The highest BCUT2D eigenvalue weighted by atomic mass is 16.5. The molecule has 0 aromatic carbocycles. The smallest absolute Gasteiger partial charge is 0.267 e. The van der Waals surface area contributed by atoms with Gasteiger partial charge in [0.05, 0.1) is 24.9 Å². The molecule has 17 heavy (non-hydrogen) atoms. The molecule has 1 aliphatic rings. The molecule has 0 bridgehead atoms. The number of nitrogens with two attached hydrogens (primary N) is 2. The summed E-state index contributed by atoms with van der Waals surface area (Å²) in [5.74, 6) is 0.0595. The normalized spacial score (nSPS) is 20.3. The average molecular weight is 236 g/mol. The van der Waals surface area contributed by atoms with Gasteiger partial charge in [-0.2, -0.15) is 0 Å². The molecule has 1 amide bonds. The van der Waals surface area contributed by atoms with Crippen LogP contribution in [0.2, 0.25) is 0 Å². The van der Waals surface area contributed by atoms with Gasteiger partial charge in [-0.15, -0.1) is 0 Å². The third-order valence-electron chi connectivity index (χ3n) is 2.80. The van der Waals surface area contributed by atoms with Crippen molar-refractivity contribution in [3.8, 4) is 0 Å². The molecule has 0 spiro atoms. The van der Waals surface area contributed by atoms with Crippen molar-refractivity contribution in [3.63, 3.8) is 0 Å². The van der Waals surface area contributed by atoms with Crippen LogP contribution in [0.25, 0.3) is 0 Å². The number of ether oxygens (including phenoxy) is 1. The summed E-state index contributed by atoms with van der Waals surface area (Å²) in [5, 5.41) is 0. The first-order chi connectivity index (χ1) is 8.09. The predicted molar refractivity (Wildman–Crippen MR) is 64.8 cm³/mol. The van der Waals surface area contributed by atoms with Gasteiger partial charge in [0.2, 0.25) is 0 Å². The predicted octanol–water partition coefficient (Wildman–Crippen LogP) is -0.0122. The van der Waals surface area contributed by atoms with Crippen LogP contribution in [-0.2, 0) is 4.74 Å². The molecule has 1 atom stereocenters. The van der Waals surface area contributed by atoms with Gasteiger partial charge < -0.3 is 21.1 Å². The third-order valence-corrected chi connectivity index (χ3v) is 2.80. The van der Waals surface area contributed by atoms with Crippen LogP contribution in [0.4, 0.5) is 11.5 Å². The maximum absolute atomic E-state index is 11.1. The minimum Gasteiger partial charge on any atom is -0.396 e. The highest BCUT2D eigenvalue weighted by Gasteiger charge is 2.22. The van der Waals surface area contributed by atoms with E-state index in [1.165, 1.54) is 6.07 Å². The summed E-state index contributed by atoms with van der Waals surface area (Å²) in [4.78, 5) is 17.4. The Morgan fingerprint density at radius 3 is 3.00 bits per heavy atom. The molecule has 1 unspecified atom stereocenters. The minimum absolute atomic E-state index is 0.182. The van der Waals surface area contributed by atoms with Gasteiger partial charge in [0.15, 0.2) is 5.82 Å². The van der Waals surface area contributed by atoms with E-state index in [-0.39, 0.29) is 11.7 Å². The summed E-state index contributed by atoms with van der Waals surface area (Å²) in [6.07, 6.45) is 0. The number of rotatable bonds is 2. The summed E-state index contributed by atoms with van der Waals surface area (Å²) in [7, 11) is 0. The molecule has 6 nitrogen and oxygen atoms in total. The second-order valence-corrected chi connectivity index (χ2v) is 4.09. The Hall–Kier alpha value is -1.82. The molecule has 2 heterocycles. The fourth-order valence-corrected chi connectivity index (χ4v) is 1.87. The summed E-state index contributed by atoms with van der Waals surface area (Å²) in [5.41, 5.74) is 11.9. The molecule has 1 aromatic heterocycles. The van der Waals surface area contributed by atoms with Crippen LogP contribution >= 0.6 is 0 Å². The first-order valence-corrected chi connectivity index (χ1v) is 5.50. The van der Waals surface area contributed by atoms with Crippen LogP contribution < -0.4 is 16.4 Å². The number of anilines is 2. The zero-order valence-corrected chi connectivity index (χ0v) is 9.72. The van der Waals surface area contributed by atoms with Crippen LogP contribution in [-0.4, -0.2) is 36.7 Å². The van der Waals surface area contributed by atoms with Gasteiger partial charge >= 0.3 is 0 Å². The van der Waals surface area contributed by atoms with E-state index in [0.717, 1.165) is 0 Å². The molecule has 2 rings (SSSR count). The molecule has 1 fully saturated rings. The third kappa shape index (κ3) is 2.31. The molecule has 4 N–H and O–H groups in total. The molecule has 1 aliphatic heterocycles. The molecule has 1 aromatic rings. The first kappa shape index (κ1) is 11.7. The van der Waals surface area contributed by atoms with Gasteiger partial charge in [-0.1, -0.05) is 0 Å². The lowest BCUT2D eigenvalue weighted by Crippen LogP contribution is -2.44. The lowest BCUT2D eigenvalue weighted by atomic mass is 10.2. The van der Waals surface area contributed by atoms with Crippen molar-refractivity contribution in [1.29, 1.82) is 0 Å². The number of nitrogen functional groups attached to an aromatic ring is 1. The van der Waals surface area contributed by atoms with Crippen molar-refractivity contribution < 1.29 is 9.53 Å². The number of carbonyl (C=O) groups is 1. The molecule has 0 radical (unpaired) electrons. The van der Waals surface area contributed by atoms with Crippen molar-refractivity contribution in [2.24, 2.45) is 5.73 Å². The van der Waals surface area contributed by atoms with Gasteiger partial charge in [-0.05, 0) is 19.1 Å². The fourth-order valence-electron chi connectivity index (χ4n) is 1.87. The highest BCUT2D eigenvalue weighted by Crippen LogP contribution is 2.24.